The van der Waals surface area contributed by atoms with Crippen molar-refractivity contribution in [2.24, 2.45) is 0 Å². The lowest BCUT2D eigenvalue weighted by atomic mass is 10.1. The number of nitrogens with zero attached hydrogens (tertiary/aromatic N) is 4. The normalized spacial score (nSPS) is 32.7. The molecule has 2 aromatic heterocycles. The van der Waals surface area contributed by atoms with Crippen LogP contribution in [0, 0.1) is 0 Å². The smallest absolute Gasteiger partial charge is 0.226 e. The van der Waals surface area contributed by atoms with E-state index in [0.717, 1.165) is 19.5 Å². The lowest BCUT2D eigenvalue weighted by molar-refractivity contribution is -0.0289. The molecule has 2 fully saturated rings. The Balaban J connectivity index is 1.54. The fraction of sp³-hybridized carbons (Fsp3) is 0.643. The quantitative estimate of drug-likeness (QED) is 0.526. The molecule has 0 bridgehead atoms. The first-order valence-corrected chi connectivity index (χ1v) is 9.46. The molecule has 2 aliphatic heterocycles. The number of nitrogens with two attached hydrogens (primary N) is 1. The van der Waals surface area contributed by atoms with Gasteiger partial charge in [0.25, 0.3) is 0 Å². The largest absolute Gasteiger partial charge is 0.387 e. The van der Waals surface area contributed by atoms with Crippen molar-refractivity contribution in [3.63, 3.8) is 0 Å². The Hall–Kier alpha value is -1.17. The van der Waals surface area contributed by atoms with Gasteiger partial charge in [-0.3, -0.25) is 4.57 Å². The first kappa shape index (κ1) is 17.3. The van der Waals surface area contributed by atoms with Crippen LogP contribution in [0.5, 0.6) is 0 Å². The van der Waals surface area contributed by atoms with E-state index in [4.69, 9.17) is 22.1 Å². The van der Waals surface area contributed by atoms with Gasteiger partial charge in [-0.2, -0.15) is 21.7 Å². The standard InChI is InChI=1S/C14H19ClN6O3S/c15-14-19-11(16)8-12(20-14)21(5-18-8)13-10(23)9(22)7(24-13)4-25-6-1-2-17-3-6/h5-7,9-10,13,17,22-23H,1-4H2,(H2,16,19,20)/t6-,7-,9-,10-,13-/m1/s1. The minimum absolute atomic E-state index is 0.0133. The van der Waals surface area contributed by atoms with Crippen molar-refractivity contribution < 1.29 is 14.9 Å². The zero-order valence-corrected chi connectivity index (χ0v) is 14.8. The summed E-state index contributed by atoms with van der Waals surface area (Å²) in [5, 5.41) is 24.6. The molecule has 25 heavy (non-hydrogen) atoms. The summed E-state index contributed by atoms with van der Waals surface area (Å²) in [5.41, 5.74) is 6.54. The average molecular weight is 387 g/mol. The van der Waals surface area contributed by atoms with E-state index in [1.54, 1.807) is 11.8 Å². The van der Waals surface area contributed by atoms with E-state index in [1.165, 1.54) is 10.9 Å². The van der Waals surface area contributed by atoms with Gasteiger partial charge in [-0.05, 0) is 24.6 Å². The molecule has 2 aromatic rings. The van der Waals surface area contributed by atoms with Crippen molar-refractivity contribution >= 4 is 40.3 Å². The average Bonchev–Trinajstić information content (AvgIpc) is 3.28. The number of hydrogen-bond acceptors (Lipinski definition) is 9. The van der Waals surface area contributed by atoms with Gasteiger partial charge in [0, 0.05) is 17.5 Å². The Kier molecular flexibility index (Phi) is 4.73. The van der Waals surface area contributed by atoms with E-state index in [-0.39, 0.29) is 11.1 Å². The van der Waals surface area contributed by atoms with Gasteiger partial charge < -0.3 is 26.0 Å². The molecule has 2 aliphatic rings. The van der Waals surface area contributed by atoms with Crippen LogP contribution < -0.4 is 11.1 Å². The summed E-state index contributed by atoms with van der Waals surface area (Å²) in [6.07, 6.45) is -0.808. The fourth-order valence-corrected chi connectivity index (χ4v) is 4.62. The molecule has 0 aromatic carbocycles. The molecular formula is C14H19ClN6O3S. The van der Waals surface area contributed by atoms with E-state index in [0.29, 0.717) is 22.2 Å². The highest BCUT2D eigenvalue weighted by molar-refractivity contribution is 8.00. The maximum absolute atomic E-state index is 10.4. The maximum atomic E-state index is 10.4. The predicted molar refractivity (Wildman–Crippen MR) is 94.4 cm³/mol. The summed E-state index contributed by atoms with van der Waals surface area (Å²) in [6.45, 7) is 1.97. The van der Waals surface area contributed by atoms with Gasteiger partial charge in [0.05, 0.1) is 12.4 Å². The Morgan fingerprint density at radius 3 is 3.00 bits per heavy atom. The van der Waals surface area contributed by atoms with Crippen LogP contribution in [0.3, 0.4) is 0 Å². The Bertz CT molecular complexity index is 770. The molecule has 2 saturated heterocycles. The zero-order chi connectivity index (χ0) is 17.6. The SMILES string of the molecule is Nc1nc(Cl)nc2c1ncn2[C@@H]1O[C@H](CS[C@@H]2CCNC2)[C@@H](O)[C@H]1O. The van der Waals surface area contributed by atoms with Crippen LogP contribution in [-0.2, 0) is 4.74 Å². The van der Waals surface area contributed by atoms with Crippen LogP contribution in [0.1, 0.15) is 12.6 Å². The molecule has 4 heterocycles. The summed E-state index contributed by atoms with van der Waals surface area (Å²) in [4.78, 5) is 12.1. The highest BCUT2D eigenvalue weighted by atomic mass is 35.5. The number of halogens is 1. The van der Waals surface area contributed by atoms with Crippen LogP contribution >= 0.6 is 23.4 Å². The van der Waals surface area contributed by atoms with Crippen LogP contribution in [0.15, 0.2) is 6.33 Å². The number of hydrogen-bond donors (Lipinski definition) is 4. The fourth-order valence-electron chi connectivity index (χ4n) is 3.19. The molecular weight excluding hydrogens is 368 g/mol. The molecule has 136 valence electrons. The number of aliphatic hydroxyl groups is 2. The van der Waals surface area contributed by atoms with Crippen molar-refractivity contribution in [3.8, 4) is 0 Å². The second-order valence-electron chi connectivity index (χ2n) is 6.20. The summed E-state index contributed by atoms with van der Waals surface area (Å²) >= 11 is 7.62. The number of thioether (sulfide) groups is 1. The summed E-state index contributed by atoms with van der Waals surface area (Å²) in [6, 6.07) is 0. The topological polar surface area (TPSA) is 131 Å². The van der Waals surface area contributed by atoms with E-state index in [2.05, 4.69) is 20.3 Å². The molecule has 0 radical (unpaired) electrons. The number of nitrogens with one attached hydrogen (secondary N) is 1. The Morgan fingerprint density at radius 1 is 1.40 bits per heavy atom. The van der Waals surface area contributed by atoms with Gasteiger partial charge in [0.15, 0.2) is 17.7 Å². The highest BCUT2D eigenvalue weighted by Gasteiger charge is 2.44. The number of ether oxygens (including phenoxy) is 1. The molecule has 0 amide bonds. The lowest BCUT2D eigenvalue weighted by Crippen LogP contribution is -2.33. The first-order valence-electron chi connectivity index (χ1n) is 8.04. The third-order valence-electron chi connectivity index (χ3n) is 4.54. The number of imidazole rings is 1. The van der Waals surface area contributed by atoms with Crippen molar-refractivity contribution in [2.45, 2.75) is 36.2 Å². The summed E-state index contributed by atoms with van der Waals surface area (Å²) < 4.78 is 7.45. The molecule has 5 atom stereocenters. The predicted octanol–water partition coefficient (Wildman–Crippen LogP) is -0.224. The second kappa shape index (κ2) is 6.86. The number of nitrogen functional groups attached to an aromatic ring is 1. The third-order valence-corrected chi connectivity index (χ3v) is 6.11. The molecule has 9 nitrogen and oxygen atoms in total. The Labute approximate surface area is 152 Å². The van der Waals surface area contributed by atoms with Crippen LogP contribution in [0.25, 0.3) is 11.2 Å². The van der Waals surface area contributed by atoms with Crippen LogP contribution in [0.2, 0.25) is 5.28 Å². The number of aromatic nitrogens is 4. The number of fused-ring (bicyclic) bond motifs is 1. The summed E-state index contributed by atoms with van der Waals surface area (Å²) in [5.74, 6) is 0.758. The monoisotopic (exact) mass is 386 g/mol. The first-order chi connectivity index (χ1) is 12.0. The van der Waals surface area contributed by atoms with Crippen molar-refractivity contribution in [1.29, 1.82) is 0 Å². The van der Waals surface area contributed by atoms with E-state index in [1.807, 2.05) is 0 Å². The second-order valence-corrected chi connectivity index (χ2v) is 7.87. The number of rotatable bonds is 4. The van der Waals surface area contributed by atoms with Gasteiger partial charge in [0.1, 0.15) is 17.7 Å². The Morgan fingerprint density at radius 2 is 2.24 bits per heavy atom. The van der Waals surface area contributed by atoms with Crippen LogP contribution in [-0.4, -0.2) is 72.1 Å². The van der Waals surface area contributed by atoms with Gasteiger partial charge in [-0.15, -0.1) is 0 Å². The molecule has 4 rings (SSSR count). The van der Waals surface area contributed by atoms with E-state index in [9.17, 15) is 10.2 Å². The summed E-state index contributed by atoms with van der Waals surface area (Å²) in [7, 11) is 0. The third kappa shape index (κ3) is 3.18. The molecule has 0 spiro atoms. The maximum Gasteiger partial charge on any atom is 0.226 e. The van der Waals surface area contributed by atoms with Gasteiger partial charge >= 0.3 is 0 Å². The van der Waals surface area contributed by atoms with Gasteiger partial charge in [0.2, 0.25) is 5.28 Å². The van der Waals surface area contributed by atoms with Crippen molar-refractivity contribution in [1.82, 2.24) is 24.8 Å². The van der Waals surface area contributed by atoms with Crippen molar-refractivity contribution in [2.75, 3.05) is 24.6 Å². The van der Waals surface area contributed by atoms with Gasteiger partial charge in [-0.1, -0.05) is 0 Å². The highest BCUT2D eigenvalue weighted by Crippen LogP contribution is 2.34. The minimum Gasteiger partial charge on any atom is -0.387 e. The molecule has 0 aliphatic carbocycles. The molecule has 5 N–H and O–H groups in total. The van der Waals surface area contributed by atoms with Crippen LogP contribution in [0.4, 0.5) is 5.82 Å². The number of aliphatic hydroxyl groups excluding tert-OH is 2. The lowest BCUT2D eigenvalue weighted by Gasteiger charge is -2.17. The minimum atomic E-state index is -1.10. The number of anilines is 1. The van der Waals surface area contributed by atoms with Crippen molar-refractivity contribution in [3.05, 3.63) is 11.6 Å². The van der Waals surface area contributed by atoms with Gasteiger partial charge in [-0.25, -0.2) is 4.98 Å². The molecule has 0 saturated carbocycles. The zero-order valence-electron chi connectivity index (χ0n) is 13.2. The molecule has 0 unspecified atom stereocenters. The van der Waals surface area contributed by atoms with E-state index >= 15 is 0 Å². The molecule has 11 heteroatoms. The van der Waals surface area contributed by atoms with E-state index < -0.39 is 24.5 Å².